The molecule has 1 saturated carbocycles. The van der Waals surface area contributed by atoms with E-state index in [9.17, 15) is 0 Å². The van der Waals surface area contributed by atoms with E-state index in [1.54, 1.807) is 0 Å². The van der Waals surface area contributed by atoms with E-state index >= 15 is 0 Å². The van der Waals surface area contributed by atoms with Crippen LogP contribution in [0.2, 0.25) is 0 Å². The molecule has 3 nitrogen and oxygen atoms in total. The lowest BCUT2D eigenvalue weighted by molar-refractivity contribution is 0.337. The van der Waals surface area contributed by atoms with E-state index in [1.165, 1.54) is 23.8 Å². The van der Waals surface area contributed by atoms with Crippen LogP contribution in [0.25, 0.3) is 11.0 Å². The Morgan fingerprint density at radius 3 is 2.84 bits per heavy atom. The minimum atomic E-state index is 0.664. The van der Waals surface area contributed by atoms with Crippen molar-refractivity contribution >= 4 is 11.0 Å². The van der Waals surface area contributed by atoms with Gasteiger partial charge in [0.25, 0.3) is 0 Å². The number of aryl methyl sites for hydroxylation is 1. The third kappa shape index (κ3) is 2.47. The molecular formula is C16H21NO2. The molecule has 1 aromatic heterocycles. The van der Waals surface area contributed by atoms with Gasteiger partial charge in [0.2, 0.25) is 0 Å². The van der Waals surface area contributed by atoms with Crippen molar-refractivity contribution < 1.29 is 9.15 Å². The summed E-state index contributed by atoms with van der Waals surface area (Å²) in [6.45, 7) is 5.67. The summed E-state index contributed by atoms with van der Waals surface area (Å²) in [4.78, 5) is 0. The lowest BCUT2D eigenvalue weighted by atomic mass is 10.1. The van der Waals surface area contributed by atoms with Crippen LogP contribution in [0.5, 0.6) is 5.75 Å². The molecule has 0 spiro atoms. The SMILES string of the molecule is CCOc1cccc2c(CC)c(CNC3CC3)oc12. The Bertz CT molecular complexity index is 569. The average molecular weight is 259 g/mol. The molecule has 0 radical (unpaired) electrons. The molecule has 1 aliphatic rings. The summed E-state index contributed by atoms with van der Waals surface area (Å²) < 4.78 is 11.7. The molecule has 3 rings (SSSR count). The van der Waals surface area contributed by atoms with Crippen molar-refractivity contribution in [1.29, 1.82) is 0 Å². The van der Waals surface area contributed by atoms with Crippen LogP contribution in [0.1, 0.15) is 38.0 Å². The molecule has 19 heavy (non-hydrogen) atoms. The minimum absolute atomic E-state index is 0.664. The first kappa shape index (κ1) is 12.5. The summed E-state index contributed by atoms with van der Waals surface area (Å²) in [6, 6.07) is 6.85. The van der Waals surface area contributed by atoms with Gasteiger partial charge in [-0.25, -0.2) is 0 Å². The topological polar surface area (TPSA) is 34.4 Å². The van der Waals surface area contributed by atoms with Crippen molar-refractivity contribution in [3.63, 3.8) is 0 Å². The smallest absolute Gasteiger partial charge is 0.176 e. The Hall–Kier alpha value is -1.48. The number of benzene rings is 1. The van der Waals surface area contributed by atoms with Gasteiger partial charge in [0.05, 0.1) is 13.2 Å². The standard InChI is InChI=1S/C16H21NO2/c1-3-12-13-6-5-7-14(18-4-2)16(13)19-15(12)10-17-11-8-9-11/h5-7,11,17H,3-4,8-10H2,1-2H3. The molecule has 2 aromatic rings. The van der Waals surface area contributed by atoms with Crippen molar-refractivity contribution in [3.05, 3.63) is 29.5 Å². The maximum absolute atomic E-state index is 6.06. The van der Waals surface area contributed by atoms with Gasteiger partial charge in [-0.05, 0) is 32.3 Å². The molecule has 0 amide bonds. The maximum Gasteiger partial charge on any atom is 0.176 e. The van der Waals surface area contributed by atoms with E-state index in [1.807, 2.05) is 19.1 Å². The average Bonchev–Trinajstić information content (AvgIpc) is 3.17. The lowest BCUT2D eigenvalue weighted by Crippen LogP contribution is -2.15. The van der Waals surface area contributed by atoms with Gasteiger partial charge in [0.1, 0.15) is 5.76 Å². The zero-order chi connectivity index (χ0) is 13.2. The fourth-order valence-electron chi connectivity index (χ4n) is 2.52. The van der Waals surface area contributed by atoms with Gasteiger partial charge in [-0.3, -0.25) is 0 Å². The number of rotatable bonds is 6. The van der Waals surface area contributed by atoms with Gasteiger partial charge in [-0.2, -0.15) is 0 Å². The summed E-state index contributed by atoms with van der Waals surface area (Å²) in [7, 11) is 0. The molecule has 0 aliphatic heterocycles. The highest BCUT2D eigenvalue weighted by Crippen LogP contribution is 2.33. The Morgan fingerprint density at radius 1 is 1.32 bits per heavy atom. The number of furan rings is 1. The Kier molecular flexibility index (Phi) is 3.47. The van der Waals surface area contributed by atoms with Crippen LogP contribution in [0.3, 0.4) is 0 Å². The Labute approximate surface area is 113 Å². The van der Waals surface area contributed by atoms with Crippen molar-refractivity contribution in [1.82, 2.24) is 5.32 Å². The molecular weight excluding hydrogens is 238 g/mol. The van der Waals surface area contributed by atoms with E-state index in [0.29, 0.717) is 12.6 Å². The van der Waals surface area contributed by atoms with E-state index < -0.39 is 0 Å². The third-order valence-electron chi connectivity index (χ3n) is 3.65. The molecule has 1 aliphatic carbocycles. The number of fused-ring (bicyclic) bond motifs is 1. The number of hydrogen-bond acceptors (Lipinski definition) is 3. The van der Waals surface area contributed by atoms with Gasteiger partial charge in [0.15, 0.2) is 11.3 Å². The van der Waals surface area contributed by atoms with Crippen molar-refractivity contribution in [2.24, 2.45) is 0 Å². The molecule has 0 atom stereocenters. The van der Waals surface area contributed by atoms with E-state index in [4.69, 9.17) is 9.15 Å². The number of nitrogens with one attached hydrogen (secondary N) is 1. The fourth-order valence-corrected chi connectivity index (χ4v) is 2.52. The quantitative estimate of drug-likeness (QED) is 0.860. The van der Waals surface area contributed by atoms with E-state index in [2.05, 4.69) is 18.3 Å². The number of ether oxygens (including phenoxy) is 1. The van der Waals surface area contributed by atoms with E-state index in [-0.39, 0.29) is 0 Å². The highest BCUT2D eigenvalue weighted by molar-refractivity contribution is 5.87. The molecule has 1 fully saturated rings. The fraction of sp³-hybridized carbons (Fsp3) is 0.500. The second-order valence-electron chi connectivity index (χ2n) is 5.08. The second-order valence-corrected chi connectivity index (χ2v) is 5.08. The molecule has 0 unspecified atom stereocenters. The number of para-hydroxylation sites is 1. The summed E-state index contributed by atoms with van der Waals surface area (Å²) in [6.07, 6.45) is 3.59. The van der Waals surface area contributed by atoms with Crippen LogP contribution in [0.15, 0.2) is 22.6 Å². The summed E-state index contributed by atoms with van der Waals surface area (Å²) >= 11 is 0. The highest BCUT2D eigenvalue weighted by Gasteiger charge is 2.22. The summed E-state index contributed by atoms with van der Waals surface area (Å²) in [5, 5.41) is 4.72. The summed E-state index contributed by atoms with van der Waals surface area (Å²) in [5.41, 5.74) is 2.21. The Balaban J connectivity index is 1.98. The van der Waals surface area contributed by atoms with Crippen LogP contribution >= 0.6 is 0 Å². The normalized spacial score (nSPS) is 15.1. The van der Waals surface area contributed by atoms with Gasteiger partial charge >= 0.3 is 0 Å². The molecule has 1 heterocycles. The van der Waals surface area contributed by atoms with Crippen molar-refractivity contribution in [2.75, 3.05) is 6.61 Å². The first-order valence-electron chi connectivity index (χ1n) is 7.23. The van der Waals surface area contributed by atoms with Gasteiger partial charge in [-0.15, -0.1) is 0 Å². The summed E-state index contributed by atoms with van der Waals surface area (Å²) in [5.74, 6) is 1.92. The molecule has 3 heteroatoms. The van der Waals surface area contributed by atoms with Crippen molar-refractivity contribution in [3.8, 4) is 5.75 Å². The first-order chi connectivity index (χ1) is 9.33. The second kappa shape index (κ2) is 5.25. The van der Waals surface area contributed by atoms with Crippen molar-refractivity contribution in [2.45, 2.75) is 45.7 Å². The molecule has 1 N–H and O–H groups in total. The Morgan fingerprint density at radius 2 is 2.16 bits per heavy atom. The zero-order valence-electron chi connectivity index (χ0n) is 11.7. The highest BCUT2D eigenvalue weighted by atomic mass is 16.5. The monoisotopic (exact) mass is 259 g/mol. The maximum atomic E-state index is 6.06. The zero-order valence-corrected chi connectivity index (χ0v) is 11.7. The molecule has 102 valence electrons. The van der Waals surface area contributed by atoms with Gasteiger partial charge in [0, 0.05) is 17.0 Å². The molecule has 0 saturated heterocycles. The van der Waals surface area contributed by atoms with Crippen LogP contribution < -0.4 is 10.1 Å². The van der Waals surface area contributed by atoms with Crippen LogP contribution in [0, 0.1) is 0 Å². The first-order valence-corrected chi connectivity index (χ1v) is 7.23. The van der Waals surface area contributed by atoms with Crippen LogP contribution in [0.4, 0.5) is 0 Å². The minimum Gasteiger partial charge on any atom is -0.490 e. The molecule has 1 aromatic carbocycles. The van der Waals surface area contributed by atoms with Gasteiger partial charge < -0.3 is 14.5 Å². The van der Waals surface area contributed by atoms with Crippen LogP contribution in [-0.4, -0.2) is 12.6 Å². The largest absolute Gasteiger partial charge is 0.490 e. The van der Waals surface area contributed by atoms with Gasteiger partial charge in [-0.1, -0.05) is 19.1 Å². The van der Waals surface area contributed by atoms with Crippen LogP contribution in [-0.2, 0) is 13.0 Å². The molecule has 0 bridgehead atoms. The predicted molar refractivity (Wildman–Crippen MR) is 76.6 cm³/mol. The van der Waals surface area contributed by atoms with E-state index in [0.717, 1.165) is 30.1 Å². The predicted octanol–water partition coefficient (Wildman–Crippen LogP) is 3.65. The lowest BCUT2D eigenvalue weighted by Gasteiger charge is -2.02. The number of hydrogen-bond donors (Lipinski definition) is 1. The third-order valence-corrected chi connectivity index (χ3v) is 3.65.